The maximum absolute atomic E-state index is 13.5. The Bertz CT molecular complexity index is 509. The molecule has 1 heterocycles. The number of fused-ring (bicyclic) bond motifs is 1. The predicted octanol–water partition coefficient (Wildman–Crippen LogP) is 3.16. The van der Waals surface area contributed by atoms with Gasteiger partial charge in [-0.15, -0.1) is 0 Å². The van der Waals surface area contributed by atoms with Crippen LogP contribution < -0.4 is 0 Å². The van der Waals surface area contributed by atoms with Gasteiger partial charge in [0.2, 0.25) is 0 Å². The summed E-state index contributed by atoms with van der Waals surface area (Å²) in [7, 11) is 0. The second-order valence-electron chi connectivity index (χ2n) is 2.88. The van der Waals surface area contributed by atoms with Crippen molar-refractivity contribution in [2.45, 2.75) is 0 Å². The van der Waals surface area contributed by atoms with E-state index in [1.807, 2.05) is 22.6 Å². The van der Waals surface area contributed by atoms with E-state index in [0.717, 1.165) is 0 Å². The molecule has 0 aliphatic carbocycles. The van der Waals surface area contributed by atoms with Gasteiger partial charge in [0.25, 0.3) is 0 Å². The molecule has 3 nitrogen and oxygen atoms in total. The Morgan fingerprint density at radius 2 is 2.27 bits per heavy atom. The molecule has 1 aromatic carbocycles. The summed E-state index contributed by atoms with van der Waals surface area (Å²) in [6.07, 6.45) is 0.937. The number of carbonyl (C=O) groups excluding carboxylic acids is 1. The van der Waals surface area contributed by atoms with Gasteiger partial charge in [-0.3, -0.25) is 0 Å². The predicted molar refractivity (Wildman–Crippen MR) is 62.7 cm³/mol. The zero-order chi connectivity index (χ0) is 10.8. The summed E-state index contributed by atoms with van der Waals surface area (Å²) in [6, 6.07) is 6.33. The molecule has 0 aliphatic heterocycles. The van der Waals surface area contributed by atoms with Crippen molar-refractivity contribution >= 4 is 39.6 Å². The average molecular weight is 319 g/mol. The zero-order valence-corrected chi connectivity index (χ0v) is 9.77. The van der Waals surface area contributed by atoms with Crippen LogP contribution in [0.25, 0.3) is 10.9 Å². The maximum atomic E-state index is 13.5. The van der Waals surface area contributed by atoms with Crippen molar-refractivity contribution in [3.8, 4) is 0 Å². The Hall–Kier alpha value is -1.11. The van der Waals surface area contributed by atoms with E-state index in [0.29, 0.717) is 5.39 Å². The molecule has 0 fully saturated rings. The van der Waals surface area contributed by atoms with Gasteiger partial charge in [-0.2, -0.15) is 0 Å². The van der Waals surface area contributed by atoms with Crippen molar-refractivity contribution in [1.82, 2.24) is 4.57 Å². The summed E-state index contributed by atoms with van der Waals surface area (Å²) >= 11 is 1.91. The lowest BCUT2D eigenvalue weighted by atomic mass is 10.2. The molecule has 1 aromatic heterocycles. The van der Waals surface area contributed by atoms with Gasteiger partial charge in [0.05, 0.1) is 5.52 Å². The number of ether oxygens (including phenoxy) is 1. The number of benzene rings is 1. The van der Waals surface area contributed by atoms with E-state index in [4.69, 9.17) is 4.74 Å². The van der Waals surface area contributed by atoms with E-state index in [-0.39, 0.29) is 10.1 Å². The highest BCUT2D eigenvalue weighted by Crippen LogP contribution is 2.19. The first-order chi connectivity index (χ1) is 7.24. The fraction of sp³-hybridized carbons (Fsp3) is 0.100. The van der Waals surface area contributed by atoms with Crippen LogP contribution >= 0.6 is 22.6 Å². The minimum absolute atomic E-state index is 0.241. The van der Waals surface area contributed by atoms with Crippen LogP contribution in [0.2, 0.25) is 0 Å². The van der Waals surface area contributed by atoms with Gasteiger partial charge in [-0.25, -0.2) is 13.8 Å². The number of halogens is 2. The highest BCUT2D eigenvalue weighted by molar-refractivity contribution is 14.1. The molecule has 2 aromatic rings. The summed E-state index contributed by atoms with van der Waals surface area (Å²) in [5.41, 5.74) is 0.257. The molecule has 0 N–H and O–H groups in total. The normalized spacial score (nSPS) is 10.5. The lowest BCUT2D eigenvalue weighted by molar-refractivity contribution is 0.171. The Kier molecular flexibility index (Phi) is 2.90. The minimum Gasteiger partial charge on any atom is -0.438 e. The molecule has 78 valence electrons. The monoisotopic (exact) mass is 319 g/mol. The molecule has 0 saturated heterocycles. The van der Waals surface area contributed by atoms with Crippen LogP contribution in [0.1, 0.15) is 0 Å². The van der Waals surface area contributed by atoms with Crippen LogP contribution in [0.5, 0.6) is 0 Å². The number of hydrogen-bond donors (Lipinski definition) is 0. The quantitative estimate of drug-likeness (QED) is 0.597. The number of aromatic nitrogens is 1. The van der Waals surface area contributed by atoms with Crippen LogP contribution in [-0.2, 0) is 4.74 Å². The van der Waals surface area contributed by atoms with Gasteiger partial charge in [0.1, 0.15) is 10.4 Å². The summed E-state index contributed by atoms with van der Waals surface area (Å²) in [4.78, 5) is 11.4. The fourth-order valence-electron chi connectivity index (χ4n) is 1.42. The number of rotatable bonds is 1. The van der Waals surface area contributed by atoms with Gasteiger partial charge < -0.3 is 4.74 Å². The highest BCUT2D eigenvalue weighted by atomic mass is 127. The Morgan fingerprint density at radius 1 is 1.47 bits per heavy atom. The smallest absolute Gasteiger partial charge is 0.419 e. The lowest BCUT2D eigenvalue weighted by Gasteiger charge is -2.03. The van der Waals surface area contributed by atoms with Crippen LogP contribution in [-0.4, -0.2) is 15.3 Å². The summed E-state index contributed by atoms with van der Waals surface area (Å²) in [6.45, 7) is 0. The molecular formula is C10H7FINO2. The summed E-state index contributed by atoms with van der Waals surface area (Å²) < 4.78 is 19.7. The number of para-hydroxylation sites is 1. The van der Waals surface area contributed by atoms with Gasteiger partial charge >= 0.3 is 6.09 Å². The highest BCUT2D eigenvalue weighted by Gasteiger charge is 2.12. The van der Waals surface area contributed by atoms with Crippen LogP contribution in [0.3, 0.4) is 0 Å². The molecule has 15 heavy (non-hydrogen) atoms. The average Bonchev–Trinajstić information content (AvgIpc) is 2.63. The van der Waals surface area contributed by atoms with E-state index in [9.17, 15) is 9.18 Å². The van der Waals surface area contributed by atoms with E-state index < -0.39 is 11.9 Å². The molecule has 0 radical (unpaired) electrons. The topological polar surface area (TPSA) is 31.2 Å². The van der Waals surface area contributed by atoms with E-state index >= 15 is 0 Å². The van der Waals surface area contributed by atoms with Crippen molar-refractivity contribution in [3.63, 3.8) is 0 Å². The second kappa shape index (κ2) is 4.18. The lowest BCUT2D eigenvalue weighted by Crippen LogP contribution is -2.11. The molecule has 0 spiro atoms. The Labute approximate surface area is 99.0 Å². The Balaban J connectivity index is 2.57. The van der Waals surface area contributed by atoms with Gasteiger partial charge in [-0.05, 0) is 34.7 Å². The number of alkyl halides is 1. The Morgan fingerprint density at radius 3 is 3.00 bits per heavy atom. The molecular weight excluding hydrogens is 312 g/mol. The SMILES string of the molecule is O=C(OCI)n1ccc2cccc(F)c21. The fourth-order valence-corrected chi connectivity index (χ4v) is 1.68. The number of nitrogens with zero attached hydrogens (tertiary/aromatic N) is 1. The van der Waals surface area contributed by atoms with Gasteiger partial charge in [0.15, 0.2) is 0 Å². The molecule has 0 atom stereocenters. The third-order valence-electron chi connectivity index (χ3n) is 2.04. The van der Waals surface area contributed by atoms with Crippen molar-refractivity contribution in [1.29, 1.82) is 0 Å². The standard InChI is InChI=1S/C10H7FINO2/c11-8-3-1-2-7-4-5-13(9(7)8)10(14)15-6-12/h1-5H,6H2. The minimum atomic E-state index is -0.565. The van der Waals surface area contributed by atoms with E-state index in [2.05, 4.69) is 0 Å². The van der Waals surface area contributed by atoms with Crippen molar-refractivity contribution in [3.05, 3.63) is 36.3 Å². The second-order valence-corrected chi connectivity index (χ2v) is 3.51. The third kappa shape index (κ3) is 1.83. The van der Waals surface area contributed by atoms with Gasteiger partial charge in [0, 0.05) is 11.6 Å². The molecule has 0 amide bonds. The largest absolute Gasteiger partial charge is 0.438 e. The van der Waals surface area contributed by atoms with Crippen LogP contribution in [0, 0.1) is 5.82 Å². The zero-order valence-electron chi connectivity index (χ0n) is 7.61. The van der Waals surface area contributed by atoms with Crippen LogP contribution in [0.4, 0.5) is 9.18 Å². The van der Waals surface area contributed by atoms with Crippen molar-refractivity contribution < 1.29 is 13.9 Å². The first kappa shape index (κ1) is 10.4. The summed E-state index contributed by atoms with van der Waals surface area (Å²) in [5, 5.41) is 0.681. The van der Waals surface area contributed by atoms with Crippen molar-refractivity contribution in [2.24, 2.45) is 0 Å². The molecule has 0 bridgehead atoms. The third-order valence-corrected chi connectivity index (χ3v) is 2.35. The van der Waals surface area contributed by atoms with E-state index in [1.54, 1.807) is 18.2 Å². The first-order valence-corrected chi connectivity index (χ1v) is 5.75. The van der Waals surface area contributed by atoms with Gasteiger partial charge in [-0.1, -0.05) is 12.1 Å². The molecule has 5 heteroatoms. The molecule has 0 saturated carbocycles. The van der Waals surface area contributed by atoms with E-state index in [1.165, 1.54) is 16.8 Å². The number of hydrogen-bond acceptors (Lipinski definition) is 2. The first-order valence-electron chi connectivity index (χ1n) is 4.22. The molecule has 0 aliphatic rings. The summed E-state index contributed by atoms with van der Waals surface area (Å²) in [5.74, 6) is -0.428. The molecule has 2 rings (SSSR count). The number of carbonyl (C=O) groups is 1. The van der Waals surface area contributed by atoms with Crippen LogP contribution in [0.15, 0.2) is 30.5 Å². The molecule has 0 unspecified atom stereocenters. The van der Waals surface area contributed by atoms with Crippen molar-refractivity contribution in [2.75, 3.05) is 4.61 Å². The maximum Gasteiger partial charge on any atom is 0.419 e.